The first-order chi connectivity index (χ1) is 13.7. The van der Waals surface area contributed by atoms with Gasteiger partial charge in [-0.2, -0.15) is 5.10 Å². The van der Waals surface area contributed by atoms with Gasteiger partial charge in [-0.05, 0) is 24.3 Å². The fraction of sp³-hybridized carbons (Fsp3) is 0.350. The van der Waals surface area contributed by atoms with Gasteiger partial charge >= 0.3 is 0 Å². The summed E-state index contributed by atoms with van der Waals surface area (Å²) in [5.41, 5.74) is 2.84. The van der Waals surface area contributed by atoms with Crippen molar-refractivity contribution in [2.24, 2.45) is 0 Å². The van der Waals surface area contributed by atoms with Crippen LogP contribution < -0.4 is 4.90 Å². The molecule has 0 N–H and O–H groups in total. The van der Waals surface area contributed by atoms with E-state index in [1.54, 1.807) is 36.3 Å². The first-order valence-corrected chi connectivity index (χ1v) is 9.27. The third-order valence-corrected chi connectivity index (χ3v) is 4.82. The molecule has 28 heavy (non-hydrogen) atoms. The molecule has 0 radical (unpaired) electrons. The average Bonchev–Trinajstić information content (AvgIpc) is 3.16. The summed E-state index contributed by atoms with van der Waals surface area (Å²) in [5.74, 6) is 0.596. The Balaban J connectivity index is 1.42. The highest BCUT2D eigenvalue weighted by Gasteiger charge is 2.21. The molecule has 0 atom stereocenters. The zero-order valence-corrected chi connectivity index (χ0v) is 15.8. The highest BCUT2D eigenvalue weighted by Crippen LogP contribution is 2.27. The number of nitrogens with zero attached hydrogens (tertiary/aromatic N) is 6. The van der Waals surface area contributed by atoms with E-state index in [9.17, 15) is 4.39 Å². The molecule has 1 aliphatic heterocycles. The van der Waals surface area contributed by atoms with Crippen molar-refractivity contribution < 1.29 is 9.13 Å². The Hall–Kier alpha value is -2.84. The van der Waals surface area contributed by atoms with E-state index in [0.29, 0.717) is 6.73 Å². The van der Waals surface area contributed by atoms with Gasteiger partial charge in [0, 0.05) is 69.6 Å². The van der Waals surface area contributed by atoms with Crippen molar-refractivity contribution in [1.82, 2.24) is 24.6 Å². The topological polar surface area (TPSA) is 59.3 Å². The minimum absolute atomic E-state index is 0.253. The van der Waals surface area contributed by atoms with Crippen molar-refractivity contribution in [2.75, 3.05) is 38.2 Å². The standard InChI is InChI=1S/C20H23FN6O/c1-28-15-27-14-16(12-24-27)13-25-8-10-26(11-9-25)20-19(22-6-7-23-20)17-2-4-18(21)5-3-17/h2-7,12,14H,8-11,13,15H2,1H3. The molecule has 8 heteroatoms. The van der Waals surface area contributed by atoms with Gasteiger partial charge in [0.1, 0.15) is 18.2 Å². The largest absolute Gasteiger partial charge is 0.362 e. The van der Waals surface area contributed by atoms with Crippen LogP contribution in [-0.2, 0) is 18.0 Å². The molecular formula is C20H23FN6O. The molecule has 4 rings (SSSR count). The Kier molecular flexibility index (Phi) is 5.59. The second-order valence-corrected chi connectivity index (χ2v) is 6.80. The third kappa shape index (κ3) is 4.18. The summed E-state index contributed by atoms with van der Waals surface area (Å²) in [6.45, 7) is 4.90. The Bertz CT molecular complexity index is 905. The molecule has 1 aromatic carbocycles. The van der Waals surface area contributed by atoms with E-state index in [4.69, 9.17) is 4.74 Å². The fourth-order valence-corrected chi connectivity index (χ4v) is 3.44. The average molecular weight is 382 g/mol. The van der Waals surface area contributed by atoms with E-state index in [-0.39, 0.29) is 5.82 Å². The molecule has 0 bridgehead atoms. The van der Waals surface area contributed by atoms with Gasteiger partial charge in [0.2, 0.25) is 0 Å². The van der Waals surface area contributed by atoms with Crippen LogP contribution in [0.5, 0.6) is 0 Å². The quantitative estimate of drug-likeness (QED) is 0.653. The molecule has 0 spiro atoms. The zero-order valence-electron chi connectivity index (χ0n) is 15.8. The Labute approximate surface area is 163 Å². The second kappa shape index (κ2) is 8.45. The van der Waals surface area contributed by atoms with Crippen molar-refractivity contribution in [3.63, 3.8) is 0 Å². The minimum Gasteiger partial charge on any atom is -0.362 e. The van der Waals surface area contributed by atoms with Crippen molar-refractivity contribution in [3.05, 3.63) is 60.4 Å². The van der Waals surface area contributed by atoms with Gasteiger partial charge in [0.05, 0.1) is 6.20 Å². The molecule has 1 fully saturated rings. The van der Waals surface area contributed by atoms with Crippen LogP contribution in [0.15, 0.2) is 49.1 Å². The van der Waals surface area contributed by atoms with Crippen LogP contribution >= 0.6 is 0 Å². The van der Waals surface area contributed by atoms with Gasteiger partial charge in [0.15, 0.2) is 5.82 Å². The molecule has 0 amide bonds. The minimum atomic E-state index is -0.253. The highest BCUT2D eigenvalue weighted by atomic mass is 19.1. The number of rotatable bonds is 6. The lowest BCUT2D eigenvalue weighted by Crippen LogP contribution is -2.46. The van der Waals surface area contributed by atoms with Gasteiger partial charge in [-0.15, -0.1) is 0 Å². The predicted molar refractivity (Wildman–Crippen MR) is 104 cm³/mol. The summed E-state index contributed by atoms with van der Waals surface area (Å²) in [7, 11) is 1.66. The Morgan fingerprint density at radius 2 is 1.79 bits per heavy atom. The maximum absolute atomic E-state index is 13.3. The first kappa shape index (κ1) is 18.5. The predicted octanol–water partition coefficient (Wildman–Crippen LogP) is 2.41. The Morgan fingerprint density at radius 1 is 1.04 bits per heavy atom. The van der Waals surface area contributed by atoms with Crippen LogP contribution in [0.2, 0.25) is 0 Å². The molecule has 0 saturated carbocycles. The molecule has 0 unspecified atom stereocenters. The van der Waals surface area contributed by atoms with E-state index in [1.165, 1.54) is 17.7 Å². The molecule has 2 aromatic heterocycles. The van der Waals surface area contributed by atoms with Crippen LogP contribution in [0.4, 0.5) is 10.2 Å². The summed E-state index contributed by atoms with van der Waals surface area (Å²) in [6.07, 6.45) is 7.29. The molecule has 7 nitrogen and oxygen atoms in total. The van der Waals surface area contributed by atoms with E-state index < -0.39 is 0 Å². The third-order valence-electron chi connectivity index (χ3n) is 4.82. The Morgan fingerprint density at radius 3 is 2.54 bits per heavy atom. The van der Waals surface area contributed by atoms with E-state index in [1.807, 2.05) is 12.4 Å². The number of anilines is 1. The fourth-order valence-electron chi connectivity index (χ4n) is 3.44. The summed E-state index contributed by atoms with van der Waals surface area (Å²) >= 11 is 0. The first-order valence-electron chi connectivity index (χ1n) is 9.27. The maximum Gasteiger partial charge on any atom is 0.155 e. The molecule has 3 heterocycles. The molecular weight excluding hydrogens is 359 g/mol. The van der Waals surface area contributed by atoms with Gasteiger partial charge in [-0.3, -0.25) is 9.88 Å². The van der Waals surface area contributed by atoms with Crippen molar-refractivity contribution >= 4 is 5.82 Å². The van der Waals surface area contributed by atoms with Crippen LogP contribution in [-0.4, -0.2) is 57.9 Å². The zero-order chi connectivity index (χ0) is 19.3. The number of hydrogen-bond donors (Lipinski definition) is 0. The molecule has 3 aromatic rings. The number of ether oxygens (including phenoxy) is 1. The van der Waals surface area contributed by atoms with E-state index >= 15 is 0 Å². The van der Waals surface area contributed by atoms with Crippen LogP contribution in [0.3, 0.4) is 0 Å². The number of aromatic nitrogens is 4. The summed E-state index contributed by atoms with van der Waals surface area (Å²) in [5, 5.41) is 4.29. The molecule has 0 aliphatic carbocycles. The SMILES string of the molecule is COCn1cc(CN2CCN(c3nccnc3-c3ccc(F)cc3)CC2)cn1. The summed E-state index contributed by atoms with van der Waals surface area (Å²) in [6, 6.07) is 6.40. The van der Waals surface area contributed by atoms with Crippen molar-refractivity contribution in [3.8, 4) is 11.3 Å². The highest BCUT2D eigenvalue weighted by molar-refractivity contribution is 5.72. The monoisotopic (exact) mass is 382 g/mol. The lowest BCUT2D eigenvalue weighted by Gasteiger charge is -2.35. The van der Waals surface area contributed by atoms with Gasteiger partial charge in [-0.1, -0.05) is 0 Å². The number of hydrogen-bond acceptors (Lipinski definition) is 6. The van der Waals surface area contributed by atoms with Gasteiger partial charge in [-0.25, -0.2) is 14.1 Å². The number of piperazine rings is 1. The van der Waals surface area contributed by atoms with Crippen molar-refractivity contribution in [1.29, 1.82) is 0 Å². The van der Waals surface area contributed by atoms with Crippen LogP contribution in [0.25, 0.3) is 11.3 Å². The molecule has 1 saturated heterocycles. The summed E-state index contributed by atoms with van der Waals surface area (Å²) < 4.78 is 20.1. The molecule has 146 valence electrons. The van der Waals surface area contributed by atoms with E-state index in [0.717, 1.165) is 49.8 Å². The number of benzene rings is 1. The van der Waals surface area contributed by atoms with Crippen LogP contribution in [0.1, 0.15) is 5.56 Å². The number of methoxy groups -OCH3 is 1. The second-order valence-electron chi connectivity index (χ2n) is 6.80. The molecule has 1 aliphatic rings. The normalized spacial score (nSPS) is 15.1. The maximum atomic E-state index is 13.3. The number of halogens is 1. The smallest absolute Gasteiger partial charge is 0.155 e. The van der Waals surface area contributed by atoms with Crippen molar-refractivity contribution in [2.45, 2.75) is 13.3 Å². The summed E-state index contributed by atoms with van der Waals surface area (Å²) in [4.78, 5) is 13.7. The lowest BCUT2D eigenvalue weighted by atomic mass is 10.1. The van der Waals surface area contributed by atoms with Gasteiger partial charge < -0.3 is 9.64 Å². The van der Waals surface area contributed by atoms with Crippen LogP contribution in [0, 0.1) is 5.82 Å². The van der Waals surface area contributed by atoms with E-state index in [2.05, 4.69) is 24.9 Å². The lowest BCUT2D eigenvalue weighted by molar-refractivity contribution is 0.120. The van der Waals surface area contributed by atoms with Gasteiger partial charge in [0.25, 0.3) is 0 Å².